The van der Waals surface area contributed by atoms with Crippen molar-refractivity contribution >= 4 is 36.4 Å². The molecule has 2 atom stereocenters. The molecule has 1 amide bonds. The predicted octanol–water partition coefficient (Wildman–Crippen LogP) is 2.16. The molecular weight excluding hydrogens is 261 g/mol. The zero-order chi connectivity index (χ0) is 11.4. The zero-order valence-corrected chi connectivity index (χ0v) is 11.8. The summed E-state index contributed by atoms with van der Waals surface area (Å²) in [6.07, 6.45) is 1.69. The summed E-state index contributed by atoms with van der Waals surface area (Å²) in [5.41, 5.74) is 7.21. The van der Waals surface area contributed by atoms with E-state index >= 15 is 0 Å². The van der Waals surface area contributed by atoms with Gasteiger partial charge in [-0.05, 0) is 26.0 Å². The van der Waals surface area contributed by atoms with Crippen molar-refractivity contribution in [3.63, 3.8) is 0 Å². The molecule has 0 aromatic carbocycles. The Labute approximate surface area is 114 Å². The van der Waals surface area contributed by atoms with Crippen LogP contribution in [0.15, 0.2) is 18.3 Å². The van der Waals surface area contributed by atoms with Gasteiger partial charge in [-0.2, -0.15) is 0 Å². The Morgan fingerprint density at radius 2 is 2.00 bits per heavy atom. The van der Waals surface area contributed by atoms with Crippen molar-refractivity contribution in [2.45, 2.75) is 26.8 Å². The van der Waals surface area contributed by atoms with Crippen LogP contribution in [-0.2, 0) is 4.79 Å². The number of carbonyl (C=O) groups excluding carboxylic acids is 1. The summed E-state index contributed by atoms with van der Waals surface area (Å²) in [7, 11) is 0. The van der Waals surface area contributed by atoms with Crippen LogP contribution in [0.3, 0.4) is 0 Å². The van der Waals surface area contributed by atoms with Gasteiger partial charge in [0.25, 0.3) is 0 Å². The highest BCUT2D eigenvalue weighted by Gasteiger charge is 2.17. The molecule has 1 heterocycles. The first-order valence-electron chi connectivity index (χ1n) is 5.00. The van der Waals surface area contributed by atoms with Crippen molar-refractivity contribution in [1.82, 2.24) is 4.98 Å². The number of hydrogen-bond acceptors (Lipinski definition) is 3. The van der Waals surface area contributed by atoms with Gasteiger partial charge in [-0.25, -0.2) is 0 Å². The van der Waals surface area contributed by atoms with E-state index < -0.39 is 0 Å². The van der Waals surface area contributed by atoms with Crippen molar-refractivity contribution in [1.29, 1.82) is 0 Å². The molecule has 0 aliphatic carbocycles. The molecule has 6 heteroatoms. The molecule has 0 bridgehead atoms. The molecule has 0 saturated heterocycles. The summed E-state index contributed by atoms with van der Waals surface area (Å²) in [5.74, 6) is -0.272. The van der Waals surface area contributed by atoms with Gasteiger partial charge in [0.2, 0.25) is 5.91 Å². The number of halogens is 2. The molecule has 0 fully saturated rings. The highest BCUT2D eigenvalue weighted by Crippen LogP contribution is 2.12. The maximum absolute atomic E-state index is 11.7. The Kier molecular flexibility index (Phi) is 9.02. The van der Waals surface area contributed by atoms with E-state index in [4.69, 9.17) is 5.73 Å². The lowest BCUT2D eigenvalue weighted by molar-refractivity contribution is -0.119. The first-order chi connectivity index (χ1) is 7.02. The van der Waals surface area contributed by atoms with Gasteiger partial charge in [-0.3, -0.25) is 9.78 Å². The first-order valence-corrected chi connectivity index (χ1v) is 5.00. The van der Waals surface area contributed by atoms with Crippen LogP contribution in [0, 0.1) is 12.8 Å². The number of hydrogen-bond donors (Lipinski definition) is 2. The second-order valence-corrected chi connectivity index (χ2v) is 3.77. The molecule has 17 heavy (non-hydrogen) atoms. The minimum atomic E-state index is -0.204. The summed E-state index contributed by atoms with van der Waals surface area (Å²) in [6.45, 7) is 5.48. The molecule has 1 rings (SSSR count). The normalized spacial score (nSPS) is 12.7. The van der Waals surface area contributed by atoms with E-state index in [9.17, 15) is 4.79 Å². The van der Waals surface area contributed by atoms with Crippen LogP contribution in [0.4, 0.5) is 5.69 Å². The van der Waals surface area contributed by atoms with Crippen LogP contribution in [0.1, 0.15) is 19.5 Å². The van der Waals surface area contributed by atoms with E-state index in [-0.39, 0.29) is 42.7 Å². The highest BCUT2D eigenvalue weighted by atomic mass is 35.5. The van der Waals surface area contributed by atoms with Gasteiger partial charge in [-0.15, -0.1) is 24.8 Å². The monoisotopic (exact) mass is 279 g/mol. The fourth-order valence-electron chi connectivity index (χ4n) is 1.10. The fraction of sp³-hybridized carbons (Fsp3) is 0.455. The average Bonchev–Trinajstić information content (AvgIpc) is 2.20. The molecular formula is C11H19Cl2N3O. The SMILES string of the molecule is Cc1ncccc1NC(=O)C(C)C(C)N.Cl.Cl. The number of amides is 1. The number of nitrogens with one attached hydrogen (secondary N) is 1. The van der Waals surface area contributed by atoms with Crippen molar-refractivity contribution < 1.29 is 4.79 Å². The van der Waals surface area contributed by atoms with Gasteiger partial charge in [0.05, 0.1) is 17.3 Å². The predicted molar refractivity (Wildman–Crippen MR) is 74.9 cm³/mol. The van der Waals surface area contributed by atoms with Crippen LogP contribution in [-0.4, -0.2) is 16.9 Å². The standard InChI is InChI=1S/C11H17N3O.2ClH/c1-7(8(2)12)11(15)14-10-5-4-6-13-9(10)3;;/h4-8H,12H2,1-3H3,(H,14,15);2*1H. The second-order valence-electron chi connectivity index (χ2n) is 3.77. The van der Waals surface area contributed by atoms with Gasteiger partial charge in [0, 0.05) is 12.2 Å². The Bertz CT molecular complexity index is 358. The molecule has 2 unspecified atom stereocenters. The maximum Gasteiger partial charge on any atom is 0.228 e. The third-order valence-electron chi connectivity index (χ3n) is 2.47. The van der Waals surface area contributed by atoms with Crippen LogP contribution in [0.5, 0.6) is 0 Å². The number of rotatable bonds is 3. The van der Waals surface area contributed by atoms with Crippen molar-refractivity contribution in [2.75, 3.05) is 5.32 Å². The number of nitrogens with two attached hydrogens (primary N) is 1. The van der Waals surface area contributed by atoms with E-state index in [1.54, 1.807) is 12.3 Å². The maximum atomic E-state index is 11.7. The van der Waals surface area contributed by atoms with Gasteiger partial charge in [0.15, 0.2) is 0 Å². The average molecular weight is 280 g/mol. The van der Waals surface area contributed by atoms with E-state index in [1.165, 1.54) is 0 Å². The van der Waals surface area contributed by atoms with E-state index in [2.05, 4.69) is 10.3 Å². The quantitative estimate of drug-likeness (QED) is 0.891. The summed E-state index contributed by atoms with van der Waals surface area (Å²) in [4.78, 5) is 15.8. The lowest BCUT2D eigenvalue weighted by Crippen LogP contribution is -2.34. The summed E-state index contributed by atoms with van der Waals surface area (Å²) in [6, 6.07) is 3.47. The molecule has 0 aliphatic heterocycles. The van der Waals surface area contributed by atoms with Gasteiger partial charge in [0.1, 0.15) is 0 Å². The number of pyridine rings is 1. The summed E-state index contributed by atoms with van der Waals surface area (Å²) < 4.78 is 0. The van der Waals surface area contributed by atoms with Crippen molar-refractivity contribution in [3.05, 3.63) is 24.0 Å². The van der Waals surface area contributed by atoms with Crippen molar-refractivity contribution in [2.24, 2.45) is 11.7 Å². The van der Waals surface area contributed by atoms with Crippen LogP contribution in [0.2, 0.25) is 0 Å². The molecule has 98 valence electrons. The first kappa shape index (κ1) is 18.5. The van der Waals surface area contributed by atoms with Gasteiger partial charge < -0.3 is 11.1 Å². The minimum Gasteiger partial charge on any atom is -0.327 e. The molecule has 1 aromatic heterocycles. The summed E-state index contributed by atoms with van der Waals surface area (Å²) >= 11 is 0. The molecule has 4 nitrogen and oxygen atoms in total. The Hall–Kier alpha value is -0.840. The van der Waals surface area contributed by atoms with Gasteiger partial charge in [-0.1, -0.05) is 6.92 Å². The van der Waals surface area contributed by atoms with Crippen molar-refractivity contribution in [3.8, 4) is 0 Å². The molecule has 1 aromatic rings. The Morgan fingerprint density at radius 3 is 2.47 bits per heavy atom. The fourth-order valence-corrected chi connectivity index (χ4v) is 1.10. The second kappa shape index (κ2) is 8.28. The smallest absolute Gasteiger partial charge is 0.228 e. The largest absolute Gasteiger partial charge is 0.327 e. The van der Waals surface area contributed by atoms with Crippen LogP contribution in [0.25, 0.3) is 0 Å². The Balaban J connectivity index is 0. The number of aromatic nitrogens is 1. The molecule has 0 spiro atoms. The molecule has 3 N–H and O–H groups in total. The molecule has 0 saturated carbocycles. The molecule has 0 aliphatic rings. The number of nitrogens with zero attached hydrogens (tertiary/aromatic N) is 1. The van der Waals surface area contributed by atoms with E-state index in [0.29, 0.717) is 0 Å². The number of carbonyl (C=O) groups is 1. The lowest BCUT2D eigenvalue weighted by Gasteiger charge is -2.15. The number of anilines is 1. The van der Waals surface area contributed by atoms with Gasteiger partial charge >= 0.3 is 0 Å². The highest BCUT2D eigenvalue weighted by molar-refractivity contribution is 5.93. The molecule has 0 radical (unpaired) electrons. The minimum absolute atomic E-state index is 0. The number of aryl methyl sites for hydroxylation is 1. The third kappa shape index (κ3) is 5.35. The van der Waals surface area contributed by atoms with E-state index in [1.807, 2.05) is 26.8 Å². The van der Waals surface area contributed by atoms with Crippen LogP contribution < -0.4 is 11.1 Å². The topological polar surface area (TPSA) is 68.0 Å². The van der Waals surface area contributed by atoms with E-state index in [0.717, 1.165) is 11.4 Å². The Morgan fingerprint density at radius 1 is 1.41 bits per heavy atom. The summed E-state index contributed by atoms with van der Waals surface area (Å²) in [5, 5.41) is 2.81. The zero-order valence-electron chi connectivity index (χ0n) is 10.1. The lowest BCUT2D eigenvalue weighted by atomic mass is 10.0. The van der Waals surface area contributed by atoms with Crippen LogP contribution >= 0.6 is 24.8 Å². The third-order valence-corrected chi connectivity index (χ3v) is 2.47.